The van der Waals surface area contributed by atoms with Crippen LogP contribution in [0, 0.1) is 6.92 Å². The minimum atomic E-state index is -0.211. The maximum atomic E-state index is 12.7. The molecule has 3 rings (SSSR count). The SMILES string of the molecule is Cc1cnn(C2CCCN(C(=O)[C@H]3NCCO[C@@H]3C)C2)c1. The quantitative estimate of drug-likeness (QED) is 0.873. The minimum Gasteiger partial charge on any atom is -0.375 e. The summed E-state index contributed by atoms with van der Waals surface area (Å²) in [6, 6.07) is 0.0769. The number of aromatic nitrogens is 2. The molecule has 2 fully saturated rings. The summed E-state index contributed by atoms with van der Waals surface area (Å²) in [5.74, 6) is 0.163. The van der Waals surface area contributed by atoms with E-state index >= 15 is 0 Å². The first-order valence-corrected chi connectivity index (χ1v) is 7.79. The topological polar surface area (TPSA) is 59.4 Å². The van der Waals surface area contributed by atoms with Gasteiger partial charge in [-0.05, 0) is 32.3 Å². The number of nitrogens with zero attached hydrogens (tertiary/aromatic N) is 3. The molecule has 2 aliphatic heterocycles. The van der Waals surface area contributed by atoms with Crippen molar-refractivity contribution < 1.29 is 9.53 Å². The summed E-state index contributed by atoms with van der Waals surface area (Å²) in [4.78, 5) is 14.7. The van der Waals surface area contributed by atoms with Gasteiger partial charge >= 0.3 is 0 Å². The van der Waals surface area contributed by atoms with Crippen LogP contribution in [0.1, 0.15) is 31.4 Å². The number of ether oxygens (including phenoxy) is 1. The lowest BCUT2D eigenvalue weighted by Gasteiger charge is -2.38. The van der Waals surface area contributed by atoms with E-state index in [1.54, 1.807) is 0 Å². The van der Waals surface area contributed by atoms with Crippen molar-refractivity contribution >= 4 is 5.91 Å². The van der Waals surface area contributed by atoms with Crippen LogP contribution in [0.2, 0.25) is 0 Å². The molecule has 6 nitrogen and oxygen atoms in total. The third kappa shape index (κ3) is 3.11. The summed E-state index contributed by atoms with van der Waals surface area (Å²) < 4.78 is 7.59. The number of morpholine rings is 1. The van der Waals surface area contributed by atoms with E-state index in [1.165, 1.54) is 0 Å². The molecule has 2 saturated heterocycles. The lowest BCUT2D eigenvalue weighted by Crippen LogP contribution is -2.57. The summed E-state index contributed by atoms with van der Waals surface area (Å²) in [7, 11) is 0. The van der Waals surface area contributed by atoms with E-state index in [-0.39, 0.29) is 24.1 Å². The fourth-order valence-corrected chi connectivity index (χ4v) is 3.21. The number of rotatable bonds is 2. The van der Waals surface area contributed by atoms with Gasteiger partial charge in [-0.3, -0.25) is 9.48 Å². The Hall–Kier alpha value is -1.40. The first-order chi connectivity index (χ1) is 10.1. The third-order valence-electron chi connectivity index (χ3n) is 4.40. The smallest absolute Gasteiger partial charge is 0.242 e. The number of hydrogen-bond donors (Lipinski definition) is 1. The number of amides is 1. The third-order valence-corrected chi connectivity index (χ3v) is 4.40. The Morgan fingerprint density at radius 3 is 3.10 bits per heavy atom. The van der Waals surface area contributed by atoms with Gasteiger partial charge in [0.2, 0.25) is 5.91 Å². The van der Waals surface area contributed by atoms with Gasteiger partial charge in [-0.1, -0.05) is 0 Å². The molecule has 0 bridgehead atoms. The molecular weight excluding hydrogens is 268 g/mol. The van der Waals surface area contributed by atoms with Gasteiger partial charge in [-0.2, -0.15) is 5.10 Å². The molecule has 1 amide bonds. The predicted octanol–water partition coefficient (Wildman–Crippen LogP) is 0.732. The van der Waals surface area contributed by atoms with Gasteiger partial charge in [0.05, 0.1) is 24.9 Å². The monoisotopic (exact) mass is 292 g/mol. The Bertz CT molecular complexity index is 502. The van der Waals surface area contributed by atoms with Crippen LogP contribution in [-0.4, -0.2) is 59.0 Å². The minimum absolute atomic E-state index is 0.0569. The van der Waals surface area contributed by atoms with Crippen molar-refractivity contribution in [2.75, 3.05) is 26.2 Å². The highest BCUT2D eigenvalue weighted by Gasteiger charge is 2.34. The van der Waals surface area contributed by atoms with Crippen molar-refractivity contribution in [2.45, 2.75) is 44.9 Å². The van der Waals surface area contributed by atoms with E-state index in [0.29, 0.717) is 6.61 Å². The van der Waals surface area contributed by atoms with Crippen LogP contribution in [-0.2, 0) is 9.53 Å². The van der Waals surface area contributed by atoms with Crippen molar-refractivity contribution in [1.29, 1.82) is 0 Å². The Balaban J connectivity index is 1.66. The summed E-state index contributed by atoms with van der Waals surface area (Å²) in [5, 5.41) is 7.69. The zero-order chi connectivity index (χ0) is 14.8. The number of likely N-dealkylation sites (tertiary alicyclic amines) is 1. The first-order valence-electron chi connectivity index (χ1n) is 7.79. The largest absolute Gasteiger partial charge is 0.375 e. The van der Waals surface area contributed by atoms with Gasteiger partial charge in [-0.25, -0.2) is 0 Å². The number of piperidine rings is 1. The fraction of sp³-hybridized carbons (Fsp3) is 0.733. The van der Waals surface area contributed by atoms with E-state index in [9.17, 15) is 4.79 Å². The molecule has 0 radical (unpaired) electrons. The molecule has 1 aromatic rings. The van der Waals surface area contributed by atoms with Crippen LogP contribution >= 0.6 is 0 Å². The van der Waals surface area contributed by atoms with Crippen molar-refractivity contribution in [1.82, 2.24) is 20.0 Å². The summed E-state index contributed by atoms with van der Waals surface area (Å²) in [6.45, 7) is 7.01. The molecule has 0 aromatic carbocycles. The second-order valence-electron chi connectivity index (χ2n) is 6.09. The molecule has 0 aliphatic carbocycles. The lowest BCUT2D eigenvalue weighted by molar-refractivity contribution is -0.141. The maximum absolute atomic E-state index is 12.7. The lowest BCUT2D eigenvalue weighted by atomic mass is 10.0. The molecule has 21 heavy (non-hydrogen) atoms. The van der Waals surface area contributed by atoms with Gasteiger partial charge in [0.15, 0.2) is 0 Å². The predicted molar refractivity (Wildman–Crippen MR) is 79.0 cm³/mol. The van der Waals surface area contributed by atoms with Gasteiger partial charge in [0, 0.05) is 25.8 Å². The zero-order valence-corrected chi connectivity index (χ0v) is 12.8. The van der Waals surface area contributed by atoms with Gasteiger partial charge in [0.25, 0.3) is 0 Å². The van der Waals surface area contributed by atoms with E-state index < -0.39 is 0 Å². The fourth-order valence-electron chi connectivity index (χ4n) is 3.21. The Labute approximate surface area is 125 Å². The summed E-state index contributed by atoms with van der Waals surface area (Å²) >= 11 is 0. The normalized spacial score (nSPS) is 30.4. The van der Waals surface area contributed by atoms with Crippen molar-refractivity contribution in [3.05, 3.63) is 18.0 Å². The van der Waals surface area contributed by atoms with Gasteiger partial charge in [0.1, 0.15) is 6.04 Å². The molecule has 1 unspecified atom stereocenters. The summed E-state index contributed by atoms with van der Waals surface area (Å²) in [5.41, 5.74) is 1.16. The number of carbonyl (C=O) groups is 1. The number of nitrogens with one attached hydrogen (secondary N) is 1. The molecule has 3 atom stereocenters. The number of aryl methyl sites for hydroxylation is 1. The Morgan fingerprint density at radius 2 is 2.38 bits per heavy atom. The van der Waals surface area contributed by atoms with Crippen LogP contribution in [0.3, 0.4) is 0 Å². The highest BCUT2D eigenvalue weighted by Crippen LogP contribution is 2.22. The highest BCUT2D eigenvalue weighted by molar-refractivity contribution is 5.82. The van der Waals surface area contributed by atoms with Crippen LogP contribution in [0.15, 0.2) is 12.4 Å². The average Bonchev–Trinajstić information content (AvgIpc) is 2.94. The van der Waals surface area contributed by atoms with Crippen LogP contribution < -0.4 is 5.32 Å². The average molecular weight is 292 g/mol. The molecule has 6 heteroatoms. The molecule has 0 spiro atoms. The molecule has 2 aliphatic rings. The van der Waals surface area contributed by atoms with Gasteiger partial charge in [-0.15, -0.1) is 0 Å². The van der Waals surface area contributed by atoms with Crippen LogP contribution in [0.25, 0.3) is 0 Å². The molecule has 0 saturated carbocycles. The van der Waals surface area contributed by atoms with E-state index in [2.05, 4.69) is 16.6 Å². The Kier molecular flexibility index (Phi) is 4.26. The molecule has 3 heterocycles. The van der Waals surface area contributed by atoms with Crippen molar-refractivity contribution in [3.8, 4) is 0 Å². The molecule has 1 aromatic heterocycles. The maximum Gasteiger partial charge on any atom is 0.242 e. The second-order valence-corrected chi connectivity index (χ2v) is 6.09. The highest BCUT2D eigenvalue weighted by atomic mass is 16.5. The van der Waals surface area contributed by atoms with Crippen LogP contribution in [0.4, 0.5) is 0 Å². The number of carbonyl (C=O) groups excluding carboxylic acids is 1. The standard InChI is InChI=1S/C15H24N4O2/c1-11-8-17-19(9-11)13-4-3-6-18(10-13)15(20)14-12(2)21-7-5-16-14/h8-9,12-14,16H,3-7,10H2,1-2H3/t12-,13?,14+/m1/s1. The van der Waals surface area contributed by atoms with Crippen molar-refractivity contribution in [2.24, 2.45) is 0 Å². The van der Waals surface area contributed by atoms with E-state index in [0.717, 1.165) is 38.0 Å². The molecule has 1 N–H and O–H groups in total. The molecule has 116 valence electrons. The van der Waals surface area contributed by atoms with E-state index in [1.807, 2.05) is 29.6 Å². The van der Waals surface area contributed by atoms with Crippen molar-refractivity contribution in [3.63, 3.8) is 0 Å². The van der Waals surface area contributed by atoms with Gasteiger partial charge < -0.3 is 15.0 Å². The zero-order valence-electron chi connectivity index (χ0n) is 12.8. The molecular formula is C15H24N4O2. The summed E-state index contributed by atoms with van der Waals surface area (Å²) in [6.07, 6.45) is 5.98. The second kappa shape index (κ2) is 6.15. The number of hydrogen-bond acceptors (Lipinski definition) is 4. The van der Waals surface area contributed by atoms with Crippen LogP contribution in [0.5, 0.6) is 0 Å². The first kappa shape index (κ1) is 14.5. The Morgan fingerprint density at radius 1 is 1.52 bits per heavy atom. The van der Waals surface area contributed by atoms with E-state index in [4.69, 9.17) is 4.74 Å².